The first-order valence-corrected chi connectivity index (χ1v) is 8.74. The van der Waals surface area contributed by atoms with Crippen molar-refractivity contribution in [2.45, 2.75) is 25.9 Å². The van der Waals surface area contributed by atoms with Crippen LogP contribution >= 0.6 is 24.0 Å². The lowest BCUT2D eigenvalue weighted by Crippen LogP contribution is -2.56. The van der Waals surface area contributed by atoms with Gasteiger partial charge in [0.2, 0.25) is 6.79 Å². The molecule has 1 aromatic carbocycles. The molecular weight excluding hydrogens is 447 g/mol. The Balaban J connectivity index is 0.00000243. The number of nitrogens with one attached hydrogen (secondary N) is 2. The number of nitrogens with zero attached hydrogens (tertiary/aromatic N) is 2. The largest absolute Gasteiger partial charge is 0.454 e. The molecule has 2 aliphatic heterocycles. The van der Waals surface area contributed by atoms with Gasteiger partial charge in [-0.15, -0.1) is 24.0 Å². The zero-order chi connectivity index (χ0) is 17.7. The summed E-state index contributed by atoms with van der Waals surface area (Å²) in [5.41, 5.74) is 1.17. The van der Waals surface area contributed by atoms with Crippen molar-refractivity contribution in [1.29, 1.82) is 0 Å². The summed E-state index contributed by atoms with van der Waals surface area (Å²) >= 11 is 0. The Bertz CT molecular complexity index is 618. The number of halogens is 1. The predicted octanol–water partition coefficient (Wildman–Crippen LogP) is 1.81. The molecule has 2 heterocycles. The van der Waals surface area contributed by atoms with Gasteiger partial charge in [-0.3, -0.25) is 9.89 Å². The van der Waals surface area contributed by atoms with E-state index in [1.807, 2.05) is 18.2 Å². The second kappa shape index (κ2) is 9.61. The smallest absolute Gasteiger partial charge is 0.231 e. The lowest BCUT2D eigenvalue weighted by atomic mass is 10.0. The third kappa shape index (κ3) is 5.37. The van der Waals surface area contributed by atoms with Crippen LogP contribution in [0.1, 0.15) is 19.4 Å². The topological polar surface area (TPSA) is 67.4 Å². The number of hydrogen-bond donors (Lipinski definition) is 2. The molecule has 0 bridgehead atoms. The molecule has 2 aliphatic rings. The first-order valence-electron chi connectivity index (χ1n) is 8.74. The van der Waals surface area contributed by atoms with Gasteiger partial charge in [-0.1, -0.05) is 6.07 Å². The summed E-state index contributed by atoms with van der Waals surface area (Å²) in [6.07, 6.45) is 0. The quantitative estimate of drug-likeness (QED) is 0.384. The van der Waals surface area contributed by atoms with Crippen molar-refractivity contribution in [3.05, 3.63) is 23.8 Å². The second-order valence-corrected chi connectivity index (χ2v) is 6.88. The number of benzene rings is 1. The van der Waals surface area contributed by atoms with E-state index in [1.54, 1.807) is 7.05 Å². The third-order valence-corrected chi connectivity index (χ3v) is 4.68. The summed E-state index contributed by atoms with van der Waals surface area (Å²) in [6.45, 7) is 9.83. The van der Waals surface area contributed by atoms with Gasteiger partial charge in [-0.25, -0.2) is 0 Å². The van der Waals surface area contributed by atoms with Gasteiger partial charge in [0.25, 0.3) is 0 Å². The zero-order valence-corrected chi connectivity index (χ0v) is 18.0. The fourth-order valence-corrected chi connectivity index (χ4v) is 3.04. The monoisotopic (exact) mass is 476 g/mol. The van der Waals surface area contributed by atoms with Crippen molar-refractivity contribution >= 4 is 29.9 Å². The highest BCUT2D eigenvalue weighted by molar-refractivity contribution is 14.0. The Labute approximate surface area is 172 Å². The molecule has 0 aromatic heterocycles. The van der Waals surface area contributed by atoms with Crippen LogP contribution < -0.4 is 20.1 Å². The van der Waals surface area contributed by atoms with Crippen molar-refractivity contribution in [2.75, 3.05) is 46.7 Å². The van der Waals surface area contributed by atoms with E-state index in [4.69, 9.17) is 14.2 Å². The molecule has 0 atom stereocenters. The van der Waals surface area contributed by atoms with Crippen LogP contribution in [0, 0.1) is 0 Å². The number of hydrogen-bond acceptors (Lipinski definition) is 5. The molecule has 0 amide bonds. The van der Waals surface area contributed by atoms with Gasteiger partial charge in [0, 0.05) is 38.8 Å². The maximum Gasteiger partial charge on any atom is 0.231 e. The maximum atomic E-state index is 5.44. The van der Waals surface area contributed by atoms with Gasteiger partial charge in [-0.05, 0) is 31.5 Å². The minimum atomic E-state index is 0. The zero-order valence-electron chi connectivity index (χ0n) is 15.7. The van der Waals surface area contributed by atoms with Gasteiger partial charge in [-0.2, -0.15) is 0 Å². The first-order chi connectivity index (χ1) is 12.1. The van der Waals surface area contributed by atoms with Crippen LogP contribution in [0.5, 0.6) is 11.5 Å². The van der Waals surface area contributed by atoms with E-state index in [0.717, 1.165) is 55.9 Å². The molecule has 0 unspecified atom stereocenters. The number of rotatable bonds is 5. The van der Waals surface area contributed by atoms with Crippen molar-refractivity contribution in [3.63, 3.8) is 0 Å². The number of morpholine rings is 1. The SMILES string of the molecule is CN=C(NCc1ccc2c(c1)OCO2)NCC(C)(C)N1CCOCC1.I. The van der Waals surface area contributed by atoms with Crippen LogP contribution in [-0.2, 0) is 11.3 Å². The van der Waals surface area contributed by atoms with E-state index >= 15 is 0 Å². The van der Waals surface area contributed by atoms with Crippen molar-refractivity contribution in [3.8, 4) is 11.5 Å². The molecule has 0 aliphatic carbocycles. The number of guanidine groups is 1. The predicted molar refractivity (Wildman–Crippen MR) is 113 cm³/mol. The minimum absolute atomic E-state index is 0. The molecule has 146 valence electrons. The highest BCUT2D eigenvalue weighted by atomic mass is 127. The molecule has 1 aromatic rings. The van der Waals surface area contributed by atoms with Gasteiger partial charge in [0.1, 0.15) is 0 Å². The Morgan fingerprint density at radius 3 is 2.62 bits per heavy atom. The van der Waals surface area contributed by atoms with Crippen LogP contribution in [0.15, 0.2) is 23.2 Å². The fourth-order valence-electron chi connectivity index (χ4n) is 3.04. The van der Waals surface area contributed by atoms with Crippen LogP contribution in [0.4, 0.5) is 0 Å². The molecule has 26 heavy (non-hydrogen) atoms. The normalized spacial score (nSPS) is 17.6. The van der Waals surface area contributed by atoms with E-state index < -0.39 is 0 Å². The molecule has 7 nitrogen and oxygen atoms in total. The third-order valence-electron chi connectivity index (χ3n) is 4.68. The van der Waals surface area contributed by atoms with Gasteiger partial charge < -0.3 is 24.8 Å². The molecule has 8 heteroatoms. The molecule has 0 saturated carbocycles. The fraction of sp³-hybridized carbons (Fsp3) is 0.611. The number of aliphatic imine (C=N–C) groups is 1. The van der Waals surface area contributed by atoms with Crippen LogP contribution in [-0.4, -0.2) is 63.1 Å². The number of ether oxygens (including phenoxy) is 3. The summed E-state index contributed by atoms with van der Waals surface area (Å²) in [7, 11) is 1.79. The van der Waals surface area contributed by atoms with E-state index in [1.165, 1.54) is 0 Å². The van der Waals surface area contributed by atoms with Crippen LogP contribution in [0.25, 0.3) is 0 Å². The molecule has 1 saturated heterocycles. The van der Waals surface area contributed by atoms with Gasteiger partial charge >= 0.3 is 0 Å². The Hall–Kier alpha value is -1.26. The summed E-state index contributed by atoms with van der Waals surface area (Å²) in [5, 5.41) is 6.78. The van der Waals surface area contributed by atoms with Crippen molar-refractivity contribution < 1.29 is 14.2 Å². The Morgan fingerprint density at radius 2 is 1.88 bits per heavy atom. The lowest BCUT2D eigenvalue weighted by molar-refractivity contribution is -0.00834. The average molecular weight is 476 g/mol. The molecular formula is C18H29IN4O3. The molecule has 2 N–H and O–H groups in total. The maximum absolute atomic E-state index is 5.44. The van der Waals surface area contributed by atoms with Gasteiger partial charge in [0.15, 0.2) is 17.5 Å². The minimum Gasteiger partial charge on any atom is -0.454 e. The standard InChI is InChI=1S/C18H28N4O3.HI/c1-18(2,22-6-8-23-9-7-22)12-21-17(19-3)20-11-14-4-5-15-16(10-14)25-13-24-15;/h4-5,10H,6-9,11-13H2,1-3H3,(H2,19,20,21);1H. The van der Waals surface area contributed by atoms with Gasteiger partial charge in [0.05, 0.1) is 13.2 Å². The first kappa shape index (κ1) is 21.0. The van der Waals surface area contributed by atoms with Crippen LogP contribution in [0.3, 0.4) is 0 Å². The highest BCUT2D eigenvalue weighted by Crippen LogP contribution is 2.32. The number of fused-ring (bicyclic) bond motifs is 1. The summed E-state index contributed by atoms with van der Waals surface area (Å²) < 4.78 is 16.2. The van der Waals surface area contributed by atoms with E-state index in [-0.39, 0.29) is 29.5 Å². The van der Waals surface area contributed by atoms with E-state index in [0.29, 0.717) is 13.3 Å². The van der Waals surface area contributed by atoms with Crippen molar-refractivity contribution in [2.24, 2.45) is 4.99 Å². The Morgan fingerprint density at radius 1 is 1.15 bits per heavy atom. The van der Waals surface area contributed by atoms with E-state index in [2.05, 4.69) is 34.4 Å². The Kier molecular flexibility index (Phi) is 7.78. The molecule has 1 fully saturated rings. The lowest BCUT2D eigenvalue weighted by Gasteiger charge is -2.41. The summed E-state index contributed by atoms with van der Waals surface area (Å²) in [5.74, 6) is 2.40. The average Bonchev–Trinajstić information content (AvgIpc) is 3.10. The second-order valence-electron chi connectivity index (χ2n) is 6.88. The highest BCUT2D eigenvalue weighted by Gasteiger charge is 2.28. The molecule has 0 radical (unpaired) electrons. The molecule has 3 rings (SSSR count). The summed E-state index contributed by atoms with van der Waals surface area (Å²) in [4.78, 5) is 6.77. The van der Waals surface area contributed by atoms with Crippen molar-refractivity contribution in [1.82, 2.24) is 15.5 Å². The molecule has 0 spiro atoms. The van der Waals surface area contributed by atoms with E-state index in [9.17, 15) is 0 Å². The summed E-state index contributed by atoms with van der Waals surface area (Å²) in [6, 6.07) is 5.98. The van der Waals surface area contributed by atoms with Crippen LogP contribution in [0.2, 0.25) is 0 Å².